The second kappa shape index (κ2) is 8.78. The number of carbonyl (C=O) groups excluding carboxylic acids is 1. The van der Waals surface area contributed by atoms with Crippen molar-refractivity contribution in [2.45, 2.75) is 19.4 Å². The van der Waals surface area contributed by atoms with Crippen LogP contribution in [0.5, 0.6) is 0 Å². The Morgan fingerprint density at radius 3 is 2.66 bits per heavy atom. The van der Waals surface area contributed by atoms with Gasteiger partial charge in [0.25, 0.3) is 11.5 Å². The lowest BCUT2D eigenvalue weighted by molar-refractivity contribution is -0.137. The number of nitrogens with zero attached hydrogens (tertiary/aromatic N) is 3. The largest absolute Gasteiger partial charge is 0.481 e. The van der Waals surface area contributed by atoms with Gasteiger partial charge in [0, 0.05) is 24.2 Å². The number of carboxylic acid groups (broad SMARTS) is 1. The number of H-pyrrole nitrogens is 1. The minimum absolute atomic E-state index is 0.0100. The van der Waals surface area contributed by atoms with Crippen LogP contribution in [-0.2, 0) is 11.3 Å². The van der Waals surface area contributed by atoms with E-state index >= 15 is 0 Å². The lowest BCUT2D eigenvalue weighted by Crippen LogP contribution is -2.24. The standard InChI is InChI=1S/C18H19N7O4/c19-18-24-15-14(17(29)25-18)23-12(9-22-15)8-21-11-5-3-10(4-6-11)16(28)20-7-1-2-13(26)27/h3-6,9,21H,1-2,7-8H2,(H,20,28)(H,26,27)(H3,19,22,24,25,29). The van der Waals surface area contributed by atoms with Crippen molar-refractivity contribution in [3.63, 3.8) is 0 Å². The van der Waals surface area contributed by atoms with Crippen LogP contribution in [0.25, 0.3) is 11.2 Å². The predicted octanol–water partition coefficient (Wildman–Crippen LogP) is 0.502. The molecule has 0 radical (unpaired) electrons. The summed E-state index contributed by atoms with van der Waals surface area (Å²) in [4.78, 5) is 49.0. The van der Waals surface area contributed by atoms with Crippen LogP contribution in [0.15, 0.2) is 35.3 Å². The average molecular weight is 397 g/mol. The number of carbonyl (C=O) groups is 2. The molecule has 2 heterocycles. The summed E-state index contributed by atoms with van der Waals surface area (Å²) in [5, 5.41) is 14.4. The van der Waals surface area contributed by atoms with Crippen molar-refractivity contribution in [1.29, 1.82) is 0 Å². The maximum atomic E-state index is 12.0. The Kier molecular flexibility index (Phi) is 5.97. The summed E-state index contributed by atoms with van der Waals surface area (Å²) >= 11 is 0. The maximum absolute atomic E-state index is 12.0. The molecule has 0 unspecified atom stereocenters. The molecule has 0 bridgehead atoms. The van der Waals surface area contributed by atoms with Crippen LogP contribution >= 0.6 is 0 Å². The van der Waals surface area contributed by atoms with E-state index in [1.165, 1.54) is 6.20 Å². The summed E-state index contributed by atoms with van der Waals surface area (Å²) in [6.45, 7) is 0.610. The fraction of sp³-hybridized carbons (Fsp3) is 0.222. The Hall–Kier alpha value is -4.02. The Balaban J connectivity index is 1.57. The normalized spacial score (nSPS) is 10.6. The number of nitrogens with two attached hydrogens (primary N) is 1. The van der Waals surface area contributed by atoms with Crippen molar-refractivity contribution < 1.29 is 14.7 Å². The third kappa shape index (κ3) is 5.25. The number of carboxylic acids is 1. The Labute approximate surface area is 164 Å². The Morgan fingerprint density at radius 2 is 1.93 bits per heavy atom. The van der Waals surface area contributed by atoms with E-state index < -0.39 is 11.5 Å². The molecule has 1 amide bonds. The average Bonchev–Trinajstić information content (AvgIpc) is 2.70. The van der Waals surface area contributed by atoms with Crippen molar-refractivity contribution in [1.82, 2.24) is 25.3 Å². The molecule has 150 valence electrons. The number of fused-ring (bicyclic) bond motifs is 1. The number of hydrogen-bond donors (Lipinski definition) is 5. The van der Waals surface area contributed by atoms with Gasteiger partial charge in [-0.3, -0.25) is 19.4 Å². The summed E-state index contributed by atoms with van der Waals surface area (Å²) in [6, 6.07) is 6.77. The lowest BCUT2D eigenvalue weighted by atomic mass is 10.2. The molecule has 1 aromatic carbocycles. The Bertz CT molecular complexity index is 1100. The van der Waals surface area contributed by atoms with E-state index in [4.69, 9.17) is 10.8 Å². The van der Waals surface area contributed by atoms with Gasteiger partial charge in [-0.2, -0.15) is 4.98 Å². The van der Waals surface area contributed by atoms with E-state index in [2.05, 4.69) is 30.6 Å². The number of aromatic nitrogens is 4. The molecule has 0 saturated heterocycles. The molecule has 29 heavy (non-hydrogen) atoms. The zero-order valence-corrected chi connectivity index (χ0v) is 15.3. The first kappa shape index (κ1) is 19.7. The number of benzene rings is 1. The topological polar surface area (TPSA) is 176 Å². The molecule has 3 rings (SSSR count). The van der Waals surface area contributed by atoms with Gasteiger partial charge in [0.1, 0.15) is 0 Å². The van der Waals surface area contributed by atoms with Gasteiger partial charge in [-0.1, -0.05) is 0 Å². The highest BCUT2D eigenvalue weighted by atomic mass is 16.4. The van der Waals surface area contributed by atoms with Crippen LogP contribution in [0.3, 0.4) is 0 Å². The van der Waals surface area contributed by atoms with Gasteiger partial charge in [0.05, 0.1) is 18.4 Å². The third-order valence-electron chi connectivity index (χ3n) is 3.96. The number of nitrogens with one attached hydrogen (secondary N) is 3. The van der Waals surface area contributed by atoms with Gasteiger partial charge in [0.2, 0.25) is 5.95 Å². The number of aliphatic carboxylic acids is 1. The molecular formula is C18H19N7O4. The molecule has 3 aromatic rings. The summed E-state index contributed by atoms with van der Waals surface area (Å²) < 4.78 is 0. The number of anilines is 2. The van der Waals surface area contributed by atoms with Crippen molar-refractivity contribution in [3.05, 3.63) is 52.1 Å². The molecule has 6 N–H and O–H groups in total. The number of hydrogen-bond acceptors (Lipinski definition) is 8. The van der Waals surface area contributed by atoms with Crippen molar-refractivity contribution in [2.24, 2.45) is 0 Å². The van der Waals surface area contributed by atoms with Gasteiger partial charge >= 0.3 is 5.97 Å². The van der Waals surface area contributed by atoms with Crippen molar-refractivity contribution in [3.8, 4) is 0 Å². The van der Waals surface area contributed by atoms with E-state index in [1.54, 1.807) is 24.3 Å². The summed E-state index contributed by atoms with van der Waals surface area (Å²) in [7, 11) is 0. The second-order valence-corrected chi connectivity index (χ2v) is 6.17. The molecule has 2 aromatic heterocycles. The van der Waals surface area contributed by atoms with Crippen molar-refractivity contribution in [2.75, 3.05) is 17.6 Å². The fourth-order valence-electron chi connectivity index (χ4n) is 2.53. The first-order valence-corrected chi connectivity index (χ1v) is 8.78. The molecule has 0 saturated carbocycles. The van der Waals surface area contributed by atoms with Crippen LogP contribution in [-0.4, -0.2) is 43.5 Å². The molecule has 0 fully saturated rings. The number of nitrogen functional groups attached to an aromatic ring is 1. The fourth-order valence-corrected chi connectivity index (χ4v) is 2.53. The second-order valence-electron chi connectivity index (χ2n) is 6.17. The highest BCUT2D eigenvalue weighted by Crippen LogP contribution is 2.11. The molecule has 0 atom stereocenters. The predicted molar refractivity (Wildman–Crippen MR) is 105 cm³/mol. The van der Waals surface area contributed by atoms with E-state index in [9.17, 15) is 14.4 Å². The zero-order valence-electron chi connectivity index (χ0n) is 15.3. The molecule has 0 aliphatic carbocycles. The first-order chi connectivity index (χ1) is 13.9. The maximum Gasteiger partial charge on any atom is 0.303 e. The van der Waals surface area contributed by atoms with Crippen LogP contribution in [0.2, 0.25) is 0 Å². The quantitative estimate of drug-likeness (QED) is 0.339. The van der Waals surface area contributed by atoms with Crippen LogP contribution in [0.1, 0.15) is 28.9 Å². The lowest BCUT2D eigenvalue weighted by Gasteiger charge is -2.08. The molecule has 11 nitrogen and oxygen atoms in total. The number of rotatable bonds is 8. The monoisotopic (exact) mass is 397 g/mol. The third-order valence-corrected chi connectivity index (χ3v) is 3.96. The summed E-state index contributed by atoms with van der Waals surface area (Å²) in [5.41, 5.74) is 7.05. The summed E-state index contributed by atoms with van der Waals surface area (Å²) in [6.07, 6.45) is 1.88. The van der Waals surface area contributed by atoms with Crippen LogP contribution in [0.4, 0.5) is 11.6 Å². The molecule has 11 heteroatoms. The Morgan fingerprint density at radius 1 is 1.17 bits per heavy atom. The SMILES string of the molecule is Nc1nc2ncc(CNc3ccc(C(=O)NCCCC(=O)O)cc3)nc2c(=O)[nH]1. The van der Waals surface area contributed by atoms with Gasteiger partial charge in [-0.15, -0.1) is 0 Å². The smallest absolute Gasteiger partial charge is 0.303 e. The minimum atomic E-state index is -0.893. The van der Waals surface area contributed by atoms with Crippen LogP contribution < -0.4 is 21.9 Å². The molecular weight excluding hydrogens is 378 g/mol. The van der Waals surface area contributed by atoms with Gasteiger partial charge in [0.15, 0.2) is 11.2 Å². The number of aromatic amines is 1. The highest BCUT2D eigenvalue weighted by molar-refractivity contribution is 5.94. The summed E-state index contributed by atoms with van der Waals surface area (Å²) in [5.74, 6) is -1.18. The van der Waals surface area contributed by atoms with E-state index in [1.807, 2.05) is 0 Å². The van der Waals surface area contributed by atoms with Gasteiger partial charge in [-0.25, -0.2) is 9.97 Å². The molecule has 0 spiro atoms. The zero-order chi connectivity index (χ0) is 20.8. The first-order valence-electron chi connectivity index (χ1n) is 8.78. The number of amides is 1. The van der Waals surface area contributed by atoms with Gasteiger partial charge in [-0.05, 0) is 30.7 Å². The van der Waals surface area contributed by atoms with E-state index in [0.29, 0.717) is 30.8 Å². The molecule has 0 aliphatic rings. The van der Waals surface area contributed by atoms with Crippen LogP contribution in [0, 0.1) is 0 Å². The van der Waals surface area contributed by atoms with E-state index in [0.717, 1.165) is 5.69 Å². The molecule has 0 aliphatic heterocycles. The highest BCUT2D eigenvalue weighted by Gasteiger charge is 2.08. The van der Waals surface area contributed by atoms with Gasteiger partial charge < -0.3 is 21.5 Å². The van der Waals surface area contributed by atoms with Crippen molar-refractivity contribution >= 4 is 34.7 Å². The van der Waals surface area contributed by atoms with E-state index in [-0.39, 0.29) is 29.4 Å². The minimum Gasteiger partial charge on any atom is -0.481 e.